The molecule has 0 unspecified atom stereocenters. The van der Waals surface area contributed by atoms with E-state index < -0.39 is 0 Å². The molecule has 0 aliphatic rings. The third kappa shape index (κ3) is 5.21. The molecule has 2 rings (SSSR count). The van der Waals surface area contributed by atoms with Gasteiger partial charge in [0.05, 0.1) is 0 Å². The van der Waals surface area contributed by atoms with Gasteiger partial charge in [0, 0.05) is 0 Å². The van der Waals surface area contributed by atoms with Crippen LogP contribution in [0.5, 0.6) is 0 Å². The van der Waals surface area contributed by atoms with E-state index in [1.165, 1.54) is 11.1 Å². The van der Waals surface area contributed by atoms with Crippen molar-refractivity contribution in [3.63, 3.8) is 0 Å². The summed E-state index contributed by atoms with van der Waals surface area (Å²) in [4.78, 5) is 0. The van der Waals surface area contributed by atoms with Crippen molar-refractivity contribution in [3.8, 4) is 0 Å². The minimum atomic E-state index is 0. The normalized spacial score (nSPS) is 8.00. The van der Waals surface area contributed by atoms with Gasteiger partial charge in [-0.25, -0.2) is 0 Å². The summed E-state index contributed by atoms with van der Waals surface area (Å²) in [6.45, 7) is 7.21. The number of hydrogen-bond donors (Lipinski definition) is 0. The molecule has 0 atom stereocenters. The quantitative estimate of drug-likeness (QED) is 0.546. The van der Waals surface area contributed by atoms with Crippen molar-refractivity contribution < 1.29 is 17.1 Å². The van der Waals surface area contributed by atoms with Crippen molar-refractivity contribution in [3.05, 3.63) is 72.8 Å². The largest absolute Gasteiger partial charge is 2.00 e. The van der Waals surface area contributed by atoms with Crippen LogP contribution in [0.3, 0.4) is 0 Å². The zero-order chi connectivity index (χ0) is 10.2. The van der Waals surface area contributed by atoms with Crippen molar-refractivity contribution in [1.29, 1.82) is 0 Å². The molecule has 1 heteroatoms. The maximum atomic E-state index is 3.60. The zero-order valence-corrected chi connectivity index (χ0v) is 9.65. The van der Waals surface area contributed by atoms with Crippen LogP contribution in [0, 0.1) is 0 Å². The summed E-state index contributed by atoms with van der Waals surface area (Å²) >= 11 is 0. The SMILES string of the molecule is C=C[c-]1cccc1.C=C[c-]1cccc1.[Fe+2]. The van der Waals surface area contributed by atoms with Gasteiger partial charge in [-0.2, -0.15) is 37.4 Å². The molecule has 0 amide bonds. The molecule has 0 saturated carbocycles. The summed E-state index contributed by atoms with van der Waals surface area (Å²) < 4.78 is 0. The average Bonchev–Trinajstić information content (AvgIpc) is 2.92. The van der Waals surface area contributed by atoms with E-state index in [9.17, 15) is 0 Å². The minimum Gasteiger partial charge on any atom is -0.174 e. The first-order chi connectivity index (χ1) is 6.86. The second-order valence-corrected chi connectivity index (χ2v) is 2.84. The molecule has 0 saturated heterocycles. The van der Waals surface area contributed by atoms with Crippen LogP contribution >= 0.6 is 0 Å². The molecule has 0 spiro atoms. The molecule has 15 heavy (non-hydrogen) atoms. The van der Waals surface area contributed by atoms with E-state index in [-0.39, 0.29) is 17.1 Å². The van der Waals surface area contributed by atoms with Crippen molar-refractivity contribution in [2.75, 3.05) is 0 Å². The molecular formula is C14H14Fe. The zero-order valence-electron chi connectivity index (χ0n) is 8.54. The van der Waals surface area contributed by atoms with Crippen molar-refractivity contribution >= 4 is 12.2 Å². The van der Waals surface area contributed by atoms with Crippen molar-refractivity contribution in [2.24, 2.45) is 0 Å². The Kier molecular flexibility index (Phi) is 7.35. The van der Waals surface area contributed by atoms with Gasteiger partial charge in [0.1, 0.15) is 0 Å². The molecular weight excluding hydrogens is 224 g/mol. The summed E-state index contributed by atoms with van der Waals surface area (Å²) in [6, 6.07) is 16.1. The van der Waals surface area contributed by atoms with Crippen molar-refractivity contribution in [1.82, 2.24) is 0 Å². The topological polar surface area (TPSA) is 0 Å². The molecule has 2 aromatic carbocycles. The first-order valence-corrected chi connectivity index (χ1v) is 4.55. The Balaban J connectivity index is 0.000000245. The second kappa shape index (κ2) is 8.04. The molecule has 2 aromatic rings. The van der Waals surface area contributed by atoms with Crippen LogP contribution in [-0.4, -0.2) is 0 Å². The van der Waals surface area contributed by atoms with Gasteiger partial charge in [0.2, 0.25) is 0 Å². The van der Waals surface area contributed by atoms with Gasteiger partial charge >= 0.3 is 17.1 Å². The third-order valence-corrected chi connectivity index (χ3v) is 1.85. The van der Waals surface area contributed by atoms with Crippen LogP contribution in [0.15, 0.2) is 61.7 Å². The molecule has 0 bridgehead atoms. The maximum Gasteiger partial charge on any atom is 2.00 e. The molecule has 78 valence electrons. The van der Waals surface area contributed by atoms with E-state index in [0.717, 1.165) is 0 Å². The van der Waals surface area contributed by atoms with Crippen LogP contribution in [0.4, 0.5) is 0 Å². The molecule has 0 N–H and O–H groups in total. The molecule has 0 nitrogen and oxygen atoms in total. The van der Waals surface area contributed by atoms with E-state index >= 15 is 0 Å². The molecule has 0 radical (unpaired) electrons. The summed E-state index contributed by atoms with van der Waals surface area (Å²) in [5.41, 5.74) is 2.39. The van der Waals surface area contributed by atoms with E-state index in [0.29, 0.717) is 0 Å². The van der Waals surface area contributed by atoms with Gasteiger partial charge in [-0.1, -0.05) is 0 Å². The summed E-state index contributed by atoms with van der Waals surface area (Å²) in [6.07, 6.45) is 3.67. The number of rotatable bonds is 2. The molecule has 0 heterocycles. The smallest absolute Gasteiger partial charge is 0.174 e. The predicted octanol–water partition coefficient (Wildman–Crippen LogP) is 4.09. The fourth-order valence-electron chi connectivity index (χ4n) is 1.05. The van der Waals surface area contributed by atoms with E-state index in [1.54, 1.807) is 0 Å². The third-order valence-electron chi connectivity index (χ3n) is 1.85. The van der Waals surface area contributed by atoms with Crippen LogP contribution in [0.25, 0.3) is 12.2 Å². The molecule has 0 aliphatic heterocycles. The second-order valence-electron chi connectivity index (χ2n) is 2.84. The number of hydrogen-bond acceptors (Lipinski definition) is 0. The molecule has 0 fully saturated rings. The van der Waals surface area contributed by atoms with Crippen LogP contribution in [0.1, 0.15) is 11.1 Å². The molecule has 0 aromatic heterocycles. The summed E-state index contributed by atoms with van der Waals surface area (Å²) in [7, 11) is 0. The Labute approximate surface area is 102 Å². The maximum absolute atomic E-state index is 3.60. The predicted molar refractivity (Wildman–Crippen MR) is 64.3 cm³/mol. The van der Waals surface area contributed by atoms with Crippen LogP contribution in [-0.2, 0) is 17.1 Å². The van der Waals surface area contributed by atoms with E-state index in [4.69, 9.17) is 0 Å². The van der Waals surface area contributed by atoms with Gasteiger partial charge in [0.15, 0.2) is 0 Å². The van der Waals surface area contributed by atoms with Gasteiger partial charge in [-0.3, -0.25) is 0 Å². The fraction of sp³-hybridized carbons (Fsp3) is 0. The average molecular weight is 238 g/mol. The Bertz CT molecular complexity index is 314. The minimum absolute atomic E-state index is 0. The first kappa shape index (κ1) is 13.7. The van der Waals surface area contributed by atoms with Gasteiger partial charge < -0.3 is 0 Å². The standard InChI is InChI=1S/2C7H7.Fe/c2*1-2-7-5-3-4-6-7;/h2*2-6H,1H2;/q2*-1;+2. The van der Waals surface area contributed by atoms with E-state index in [1.807, 2.05) is 60.7 Å². The Morgan fingerprint density at radius 2 is 0.933 bits per heavy atom. The Morgan fingerprint density at radius 3 is 1.07 bits per heavy atom. The Morgan fingerprint density at radius 1 is 0.667 bits per heavy atom. The molecule has 0 aliphatic carbocycles. The monoisotopic (exact) mass is 238 g/mol. The first-order valence-electron chi connectivity index (χ1n) is 4.55. The van der Waals surface area contributed by atoms with E-state index in [2.05, 4.69) is 13.2 Å². The van der Waals surface area contributed by atoms with Gasteiger partial charge in [-0.15, -0.1) is 47.5 Å². The summed E-state index contributed by atoms with van der Waals surface area (Å²) in [5.74, 6) is 0. The van der Waals surface area contributed by atoms with Gasteiger partial charge in [-0.05, 0) is 0 Å². The Hall–Kier alpha value is -1.30. The van der Waals surface area contributed by atoms with Crippen LogP contribution < -0.4 is 0 Å². The van der Waals surface area contributed by atoms with Gasteiger partial charge in [0.25, 0.3) is 0 Å². The van der Waals surface area contributed by atoms with Crippen molar-refractivity contribution in [2.45, 2.75) is 0 Å². The summed E-state index contributed by atoms with van der Waals surface area (Å²) in [5, 5.41) is 0. The fourth-order valence-corrected chi connectivity index (χ4v) is 1.05. The van der Waals surface area contributed by atoms with Crippen LogP contribution in [0.2, 0.25) is 0 Å².